The first-order chi connectivity index (χ1) is 9.24. The van der Waals surface area contributed by atoms with Crippen molar-refractivity contribution in [3.8, 4) is 0 Å². The Morgan fingerprint density at radius 2 is 2.16 bits per heavy atom. The molecule has 1 heterocycles. The molecule has 0 bridgehead atoms. The largest absolute Gasteiger partial charge is 0.394 e. The van der Waals surface area contributed by atoms with Crippen molar-refractivity contribution >= 4 is 17.4 Å². The van der Waals surface area contributed by atoms with Crippen LogP contribution in [0.5, 0.6) is 0 Å². The number of aliphatic hydroxyl groups is 1. The zero-order valence-electron chi connectivity index (χ0n) is 10.5. The second kappa shape index (κ2) is 6.40. The van der Waals surface area contributed by atoms with E-state index in [1.165, 1.54) is 11.8 Å². The SMILES string of the molecule is CCc1ccc(C(CO)NC(=O)c2cnns2)cc1. The average Bonchev–Trinajstić information content (AvgIpc) is 2.99. The van der Waals surface area contributed by atoms with E-state index in [0.717, 1.165) is 23.5 Å². The van der Waals surface area contributed by atoms with Crippen LogP contribution >= 0.6 is 11.5 Å². The molecule has 0 aliphatic heterocycles. The summed E-state index contributed by atoms with van der Waals surface area (Å²) < 4.78 is 3.64. The molecular weight excluding hydrogens is 262 g/mol. The van der Waals surface area contributed by atoms with Gasteiger partial charge in [-0.3, -0.25) is 4.79 Å². The van der Waals surface area contributed by atoms with E-state index >= 15 is 0 Å². The number of rotatable bonds is 5. The van der Waals surface area contributed by atoms with Gasteiger partial charge in [-0.2, -0.15) is 0 Å². The maximum absolute atomic E-state index is 11.9. The lowest BCUT2D eigenvalue weighted by molar-refractivity contribution is 0.0920. The van der Waals surface area contributed by atoms with Crippen LogP contribution in [0.1, 0.15) is 33.8 Å². The third-order valence-electron chi connectivity index (χ3n) is 2.86. The fourth-order valence-corrected chi connectivity index (χ4v) is 2.13. The van der Waals surface area contributed by atoms with Gasteiger partial charge in [-0.1, -0.05) is 35.7 Å². The van der Waals surface area contributed by atoms with Crippen LogP contribution in [-0.4, -0.2) is 27.2 Å². The number of carbonyl (C=O) groups is 1. The molecule has 5 nitrogen and oxygen atoms in total. The van der Waals surface area contributed by atoms with Crippen LogP contribution in [0.25, 0.3) is 0 Å². The van der Waals surface area contributed by atoms with Crippen molar-refractivity contribution in [3.05, 3.63) is 46.5 Å². The molecule has 0 fully saturated rings. The standard InChI is InChI=1S/C13H15N3O2S/c1-2-9-3-5-10(6-4-9)11(8-17)15-13(18)12-7-14-16-19-12/h3-7,11,17H,2,8H2,1H3,(H,15,18). The molecule has 19 heavy (non-hydrogen) atoms. The van der Waals surface area contributed by atoms with E-state index in [-0.39, 0.29) is 12.5 Å². The smallest absolute Gasteiger partial charge is 0.265 e. The molecule has 1 unspecified atom stereocenters. The van der Waals surface area contributed by atoms with Crippen molar-refractivity contribution in [1.29, 1.82) is 0 Å². The number of hydrogen-bond acceptors (Lipinski definition) is 5. The van der Waals surface area contributed by atoms with Crippen LogP contribution in [-0.2, 0) is 6.42 Å². The number of hydrogen-bond donors (Lipinski definition) is 2. The Morgan fingerprint density at radius 1 is 1.42 bits per heavy atom. The van der Waals surface area contributed by atoms with Gasteiger partial charge in [0, 0.05) is 0 Å². The molecule has 0 saturated heterocycles. The fraction of sp³-hybridized carbons (Fsp3) is 0.308. The maximum Gasteiger partial charge on any atom is 0.265 e. The molecule has 0 aliphatic carbocycles. The molecular formula is C13H15N3O2S. The van der Waals surface area contributed by atoms with Gasteiger partial charge in [0.1, 0.15) is 4.88 Å². The minimum absolute atomic E-state index is 0.149. The Balaban J connectivity index is 2.09. The Bertz CT molecular complexity index is 525. The molecule has 1 amide bonds. The second-order valence-corrected chi connectivity index (χ2v) is 4.87. The monoisotopic (exact) mass is 277 g/mol. The van der Waals surface area contributed by atoms with E-state index in [2.05, 4.69) is 21.8 Å². The number of nitrogens with zero attached hydrogens (tertiary/aromatic N) is 2. The van der Waals surface area contributed by atoms with Crippen molar-refractivity contribution in [3.63, 3.8) is 0 Å². The second-order valence-electron chi connectivity index (χ2n) is 4.09. The van der Waals surface area contributed by atoms with Crippen molar-refractivity contribution in [2.45, 2.75) is 19.4 Å². The number of nitrogens with one attached hydrogen (secondary N) is 1. The molecule has 0 spiro atoms. The normalized spacial score (nSPS) is 12.1. The Morgan fingerprint density at radius 3 is 2.68 bits per heavy atom. The van der Waals surface area contributed by atoms with Crippen LogP contribution in [0, 0.1) is 0 Å². The number of aliphatic hydroxyl groups excluding tert-OH is 1. The van der Waals surface area contributed by atoms with E-state index in [1.807, 2.05) is 24.3 Å². The lowest BCUT2D eigenvalue weighted by Crippen LogP contribution is -2.30. The lowest BCUT2D eigenvalue weighted by Gasteiger charge is -2.16. The molecule has 0 aliphatic rings. The quantitative estimate of drug-likeness (QED) is 0.869. The third-order valence-corrected chi connectivity index (χ3v) is 3.53. The first-order valence-corrected chi connectivity index (χ1v) is 6.79. The van der Waals surface area contributed by atoms with Crippen molar-refractivity contribution < 1.29 is 9.90 Å². The summed E-state index contributed by atoms with van der Waals surface area (Å²) in [4.78, 5) is 12.3. The van der Waals surface area contributed by atoms with Gasteiger partial charge in [-0.25, -0.2) is 0 Å². The zero-order chi connectivity index (χ0) is 13.7. The van der Waals surface area contributed by atoms with E-state index < -0.39 is 6.04 Å². The van der Waals surface area contributed by atoms with Gasteiger partial charge in [0.15, 0.2) is 0 Å². The minimum atomic E-state index is -0.416. The molecule has 1 atom stereocenters. The predicted molar refractivity (Wildman–Crippen MR) is 73.0 cm³/mol. The predicted octanol–water partition coefficient (Wildman–Crippen LogP) is 1.56. The highest BCUT2D eigenvalue weighted by molar-refractivity contribution is 7.07. The maximum atomic E-state index is 11.9. The highest BCUT2D eigenvalue weighted by Crippen LogP contribution is 2.15. The highest BCUT2D eigenvalue weighted by Gasteiger charge is 2.16. The first-order valence-electron chi connectivity index (χ1n) is 6.02. The molecule has 6 heteroatoms. The average molecular weight is 277 g/mol. The van der Waals surface area contributed by atoms with E-state index in [4.69, 9.17) is 0 Å². The van der Waals surface area contributed by atoms with Crippen LogP contribution < -0.4 is 5.32 Å². The summed E-state index contributed by atoms with van der Waals surface area (Å²) in [5, 5.41) is 15.8. The van der Waals surface area contributed by atoms with Gasteiger partial charge in [0.05, 0.1) is 18.8 Å². The number of aromatic nitrogens is 2. The number of aryl methyl sites for hydroxylation is 1. The molecule has 0 saturated carbocycles. The Labute approximate surface area is 115 Å². The van der Waals surface area contributed by atoms with Crippen molar-refractivity contribution in [2.75, 3.05) is 6.61 Å². The van der Waals surface area contributed by atoms with Crippen molar-refractivity contribution in [2.24, 2.45) is 0 Å². The molecule has 2 aromatic rings. The topological polar surface area (TPSA) is 75.1 Å². The summed E-state index contributed by atoms with van der Waals surface area (Å²) in [6, 6.07) is 7.42. The molecule has 100 valence electrons. The molecule has 2 rings (SSSR count). The van der Waals surface area contributed by atoms with Gasteiger partial charge < -0.3 is 10.4 Å². The van der Waals surface area contributed by atoms with Crippen LogP contribution in [0.4, 0.5) is 0 Å². The summed E-state index contributed by atoms with van der Waals surface area (Å²) in [5.41, 5.74) is 2.10. The van der Waals surface area contributed by atoms with Gasteiger partial charge in [0.25, 0.3) is 5.91 Å². The summed E-state index contributed by atoms with van der Waals surface area (Å²) in [7, 11) is 0. The van der Waals surface area contributed by atoms with Gasteiger partial charge in [-0.05, 0) is 29.1 Å². The third kappa shape index (κ3) is 3.36. The molecule has 1 aromatic carbocycles. The summed E-state index contributed by atoms with van der Waals surface area (Å²) in [6.07, 6.45) is 2.37. The number of carbonyl (C=O) groups excluding carboxylic acids is 1. The van der Waals surface area contributed by atoms with Gasteiger partial charge >= 0.3 is 0 Å². The molecule has 2 N–H and O–H groups in total. The first kappa shape index (κ1) is 13.6. The Kier molecular flexibility index (Phi) is 4.59. The zero-order valence-corrected chi connectivity index (χ0v) is 11.4. The van der Waals surface area contributed by atoms with Crippen LogP contribution in [0.15, 0.2) is 30.5 Å². The van der Waals surface area contributed by atoms with Crippen LogP contribution in [0.3, 0.4) is 0 Å². The lowest BCUT2D eigenvalue weighted by atomic mass is 10.0. The fourth-order valence-electron chi connectivity index (χ4n) is 1.72. The molecule has 0 radical (unpaired) electrons. The van der Waals surface area contributed by atoms with Crippen molar-refractivity contribution in [1.82, 2.24) is 14.9 Å². The van der Waals surface area contributed by atoms with E-state index in [1.54, 1.807) is 0 Å². The minimum Gasteiger partial charge on any atom is -0.394 e. The Hall–Kier alpha value is -1.79. The van der Waals surface area contributed by atoms with Crippen LogP contribution in [0.2, 0.25) is 0 Å². The highest BCUT2D eigenvalue weighted by atomic mass is 32.1. The summed E-state index contributed by atoms with van der Waals surface area (Å²) >= 11 is 1.03. The van der Waals surface area contributed by atoms with Gasteiger partial charge in [0.2, 0.25) is 0 Å². The number of amides is 1. The summed E-state index contributed by atoms with van der Waals surface area (Å²) in [5.74, 6) is -0.270. The molecule has 1 aromatic heterocycles. The number of benzene rings is 1. The summed E-state index contributed by atoms with van der Waals surface area (Å²) in [6.45, 7) is 1.93. The van der Waals surface area contributed by atoms with E-state index in [0.29, 0.717) is 4.88 Å². The van der Waals surface area contributed by atoms with Gasteiger partial charge in [-0.15, -0.1) is 5.10 Å². The van der Waals surface area contributed by atoms with E-state index in [9.17, 15) is 9.90 Å².